The van der Waals surface area contributed by atoms with E-state index >= 15 is 0 Å². The molecule has 6 nitrogen and oxygen atoms in total. The number of rotatable bonds is 5. The maximum atomic E-state index is 5.21. The molecular weight excluding hydrogens is 302 g/mol. The van der Waals surface area contributed by atoms with Crippen LogP contribution in [0.25, 0.3) is 5.82 Å². The quantitative estimate of drug-likeness (QED) is 0.722. The molecule has 3 rings (SSSR count). The van der Waals surface area contributed by atoms with Crippen LogP contribution in [0.2, 0.25) is 0 Å². The summed E-state index contributed by atoms with van der Waals surface area (Å²) < 4.78 is 6.93. The summed E-state index contributed by atoms with van der Waals surface area (Å²) in [5, 5.41) is 13.0. The van der Waals surface area contributed by atoms with Gasteiger partial charge in [-0.2, -0.15) is 5.10 Å². The van der Waals surface area contributed by atoms with Gasteiger partial charge in [-0.25, -0.2) is 4.68 Å². The number of benzene rings is 1. The SMILES string of the molecule is COc1ccc(C(C)N(C)c2ccc(-n3ccc(C)n3)nn2)cc1. The van der Waals surface area contributed by atoms with Crippen molar-refractivity contribution in [2.75, 3.05) is 19.1 Å². The van der Waals surface area contributed by atoms with Crippen molar-refractivity contribution in [1.29, 1.82) is 0 Å². The number of aromatic nitrogens is 4. The fourth-order valence-corrected chi connectivity index (χ4v) is 2.48. The van der Waals surface area contributed by atoms with E-state index in [4.69, 9.17) is 4.74 Å². The predicted octanol–water partition coefficient (Wildman–Crippen LogP) is 3.18. The Hall–Kier alpha value is -2.89. The highest BCUT2D eigenvalue weighted by atomic mass is 16.5. The molecule has 0 aliphatic carbocycles. The number of aryl methyl sites for hydroxylation is 1. The second kappa shape index (κ2) is 6.70. The standard InChI is InChI=1S/C18H21N5O/c1-13-11-12-23(21-13)18-10-9-17(19-20-18)22(3)14(2)15-5-7-16(24-4)8-6-15/h5-12,14H,1-4H3. The van der Waals surface area contributed by atoms with Gasteiger partial charge in [0, 0.05) is 13.2 Å². The first kappa shape index (κ1) is 16.0. The van der Waals surface area contributed by atoms with Crippen LogP contribution in [0.4, 0.5) is 5.82 Å². The molecule has 3 aromatic rings. The van der Waals surface area contributed by atoms with Crippen LogP contribution in [0.3, 0.4) is 0 Å². The number of hydrogen-bond acceptors (Lipinski definition) is 5. The third kappa shape index (κ3) is 3.22. The van der Waals surface area contributed by atoms with Crippen molar-refractivity contribution >= 4 is 5.82 Å². The number of anilines is 1. The minimum absolute atomic E-state index is 0.169. The lowest BCUT2D eigenvalue weighted by Gasteiger charge is -2.26. The number of nitrogens with zero attached hydrogens (tertiary/aromatic N) is 5. The molecule has 1 aromatic carbocycles. The summed E-state index contributed by atoms with van der Waals surface area (Å²) in [5.41, 5.74) is 2.14. The van der Waals surface area contributed by atoms with Gasteiger partial charge in [0.25, 0.3) is 0 Å². The summed E-state index contributed by atoms with van der Waals surface area (Å²) in [6.45, 7) is 4.08. The van der Waals surface area contributed by atoms with Crippen LogP contribution in [-0.4, -0.2) is 34.1 Å². The van der Waals surface area contributed by atoms with E-state index in [0.717, 1.165) is 17.3 Å². The van der Waals surface area contributed by atoms with Crippen LogP contribution >= 0.6 is 0 Å². The first-order chi connectivity index (χ1) is 11.6. The Bertz CT molecular complexity index is 795. The molecule has 1 atom stereocenters. The Labute approximate surface area is 141 Å². The molecule has 0 fully saturated rings. The fraction of sp³-hybridized carbons (Fsp3) is 0.278. The Kier molecular flexibility index (Phi) is 4.46. The molecule has 2 heterocycles. The van der Waals surface area contributed by atoms with Gasteiger partial charge in [0.2, 0.25) is 0 Å². The van der Waals surface area contributed by atoms with Gasteiger partial charge in [-0.3, -0.25) is 0 Å². The smallest absolute Gasteiger partial charge is 0.175 e. The average molecular weight is 323 g/mol. The highest BCUT2D eigenvalue weighted by molar-refractivity contribution is 5.42. The molecule has 24 heavy (non-hydrogen) atoms. The monoisotopic (exact) mass is 323 g/mol. The lowest BCUT2D eigenvalue weighted by Crippen LogP contribution is -2.23. The predicted molar refractivity (Wildman–Crippen MR) is 93.7 cm³/mol. The van der Waals surface area contributed by atoms with Gasteiger partial charge in [0.15, 0.2) is 11.6 Å². The van der Waals surface area contributed by atoms with Crippen molar-refractivity contribution in [3.05, 3.63) is 59.9 Å². The topological polar surface area (TPSA) is 56.1 Å². The van der Waals surface area contributed by atoms with Gasteiger partial charge in [-0.05, 0) is 49.7 Å². The molecule has 124 valence electrons. The summed E-state index contributed by atoms with van der Waals surface area (Å²) in [7, 11) is 3.68. The summed E-state index contributed by atoms with van der Waals surface area (Å²) in [5.74, 6) is 2.37. The summed E-state index contributed by atoms with van der Waals surface area (Å²) in [6, 6.07) is 14.0. The lowest BCUT2D eigenvalue weighted by atomic mass is 10.1. The van der Waals surface area contributed by atoms with Crippen LogP contribution in [0.5, 0.6) is 5.75 Å². The van der Waals surface area contributed by atoms with E-state index < -0.39 is 0 Å². The molecule has 6 heteroatoms. The van der Waals surface area contributed by atoms with E-state index in [1.807, 2.05) is 50.5 Å². The van der Waals surface area contributed by atoms with Gasteiger partial charge < -0.3 is 9.64 Å². The number of ether oxygens (including phenoxy) is 1. The van der Waals surface area contributed by atoms with Crippen molar-refractivity contribution in [1.82, 2.24) is 20.0 Å². The van der Waals surface area contributed by atoms with E-state index in [0.29, 0.717) is 5.82 Å². The van der Waals surface area contributed by atoms with Crippen molar-refractivity contribution in [3.63, 3.8) is 0 Å². The van der Waals surface area contributed by atoms with Crippen molar-refractivity contribution in [2.45, 2.75) is 19.9 Å². The van der Waals surface area contributed by atoms with Crippen LogP contribution in [0, 0.1) is 6.92 Å². The summed E-state index contributed by atoms with van der Waals surface area (Å²) >= 11 is 0. The minimum atomic E-state index is 0.169. The molecule has 0 saturated heterocycles. The van der Waals surface area contributed by atoms with E-state index in [9.17, 15) is 0 Å². The number of hydrogen-bond donors (Lipinski definition) is 0. The molecule has 0 N–H and O–H groups in total. The summed E-state index contributed by atoms with van der Waals surface area (Å²) in [6.07, 6.45) is 1.88. The van der Waals surface area contributed by atoms with Gasteiger partial charge >= 0.3 is 0 Å². The molecule has 0 radical (unpaired) electrons. The third-order valence-electron chi connectivity index (χ3n) is 4.13. The molecule has 0 bridgehead atoms. The van der Waals surface area contributed by atoms with Crippen molar-refractivity contribution < 1.29 is 4.74 Å². The van der Waals surface area contributed by atoms with Gasteiger partial charge in [0.05, 0.1) is 18.8 Å². The zero-order valence-corrected chi connectivity index (χ0v) is 14.3. The largest absolute Gasteiger partial charge is 0.497 e. The second-order valence-electron chi connectivity index (χ2n) is 5.71. The average Bonchev–Trinajstić information content (AvgIpc) is 3.07. The molecule has 0 spiro atoms. The molecule has 0 saturated carbocycles. The molecule has 0 aliphatic heterocycles. The maximum absolute atomic E-state index is 5.21. The van der Waals surface area contributed by atoms with Crippen molar-refractivity contribution in [2.24, 2.45) is 0 Å². The second-order valence-corrected chi connectivity index (χ2v) is 5.71. The van der Waals surface area contributed by atoms with Crippen LogP contribution in [-0.2, 0) is 0 Å². The van der Waals surface area contributed by atoms with Gasteiger partial charge in [-0.15, -0.1) is 10.2 Å². The molecule has 1 unspecified atom stereocenters. The van der Waals surface area contributed by atoms with E-state index in [2.05, 4.69) is 39.3 Å². The van der Waals surface area contributed by atoms with E-state index in [1.54, 1.807) is 11.8 Å². The Morgan fingerprint density at radius 3 is 2.33 bits per heavy atom. The maximum Gasteiger partial charge on any atom is 0.175 e. The van der Waals surface area contributed by atoms with Crippen LogP contribution < -0.4 is 9.64 Å². The van der Waals surface area contributed by atoms with E-state index in [-0.39, 0.29) is 6.04 Å². The normalized spacial score (nSPS) is 12.0. The zero-order chi connectivity index (χ0) is 17.1. The van der Waals surface area contributed by atoms with Crippen molar-refractivity contribution in [3.8, 4) is 11.6 Å². The van der Waals surface area contributed by atoms with Crippen LogP contribution in [0.1, 0.15) is 24.2 Å². The Morgan fingerprint density at radius 1 is 1.04 bits per heavy atom. The number of methoxy groups -OCH3 is 1. The molecule has 2 aromatic heterocycles. The highest BCUT2D eigenvalue weighted by Crippen LogP contribution is 2.25. The minimum Gasteiger partial charge on any atom is -0.497 e. The first-order valence-electron chi connectivity index (χ1n) is 7.81. The van der Waals surface area contributed by atoms with E-state index in [1.165, 1.54) is 5.56 Å². The highest BCUT2D eigenvalue weighted by Gasteiger charge is 2.14. The summed E-state index contributed by atoms with van der Waals surface area (Å²) in [4.78, 5) is 2.09. The van der Waals surface area contributed by atoms with Gasteiger partial charge in [-0.1, -0.05) is 12.1 Å². The third-order valence-corrected chi connectivity index (χ3v) is 4.13. The van der Waals surface area contributed by atoms with Gasteiger partial charge in [0.1, 0.15) is 5.75 Å². The zero-order valence-electron chi connectivity index (χ0n) is 14.3. The Morgan fingerprint density at radius 2 is 1.79 bits per heavy atom. The Balaban J connectivity index is 1.77. The lowest BCUT2D eigenvalue weighted by molar-refractivity contribution is 0.414. The fourth-order valence-electron chi connectivity index (χ4n) is 2.48. The molecular formula is C18H21N5O. The molecule has 0 aliphatic rings. The molecule has 0 amide bonds. The first-order valence-corrected chi connectivity index (χ1v) is 7.81. The van der Waals surface area contributed by atoms with Crippen LogP contribution in [0.15, 0.2) is 48.7 Å².